The van der Waals surface area contributed by atoms with Gasteiger partial charge in [0.15, 0.2) is 9.84 Å². The average molecular weight is 417 g/mol. The van der Waals surface area contributed by atoms with Gasteiger partial charge in [0.05, 0.1) is 18.1 Å². The first kappa shape index (κ1) is 21.2. The molecule has 0 bridgehead atoms. The van der Waals surface area contributed by atoms with Gasteiger partial charge in [0, 0.05) is 37.9 Å². The second-order valence-corrected chi connectivity index (χ2v) is 9.74. The molecule has 2 aromatic carbocycles. The van der Waals surface area contributed by atoms with Crippen LogP contribution in [0.25, 0.3) is 0 Å². The maximum atomic E-state index is 13.3. The van der Waals surface area contributed by atoms with Gasteiger partial charge < -0.3 is 14.5 Å². The smallest absolute Gasteiger partial charge is 0.254 e. The molecule has 0 saturated carbocycles. The number of carbonyl (C=O) groups is 1. The van der Waals surface area contributed by atoms with Crippen molar-refractivity contribution in [1.29, 1.82) is 0 Å². The molecule has 1 fully saturated rings. The predicted octanol–water partition coefficient (Wildman–Crippen LogP) is 2.98. The van der Waals surface area contributed by atoms with Crippen molar-refractivity contribution in [3.05, 3.63) is 59.7 Å². The lowest BCUT2D eigenvalue weighted by atomic mass is 10.1. The Morgan fingerprint density at radius 2 is 1.86 bits per heavy atom. The van der Waals surface area contributed by atoms with Gasteiger partial charge in [-0.25, -0.2) is 8.42 Å². The van der Waals surface area contributed by atoms with Crippen molar-refractivity contribution in [2.45, 2.75) is 25.9 Å². The normalized spacial score (nSPS) is 17.7. The monoisotopic (exact) mass is 416 g/mol. The second-order valence-electron chi connectivity index (χ2n) is 7.51. The molecule has 0 N–H and O–H groups in total. The molecule has 1 saturated heterocycles. The van der Waals surface area contributed by atoms with Crippen LogP contribution in [0.4, 0.5) is 5.69 Å². The van der Waals surface area contributed by atoms with E-state index in [4.69, 9.17) is 4.74 Å². The Balaban J connectivity index is 1.88. The number of hydrogen-bond donors (Lipinski definition) is 0. The van der Waals surface area contributed by atoms with Gasteiger partial charge in [-0.15, -0.1) is 0 Å². The minimum Gasteiger partial charge on any atom is -0.494 e. The molecule has 156 valence electrons. The van der Waals surface area contributed by atoms with Crippen molar-refractivity contribution in [3.63, 3.8) is 0 Å². The van der Waals surface area contributed by atoms with Crippen molar-refractivity contribution < 1.29 is 17.9 Å². The largest absolute Gasteiger partial charge is 0.494 e. The summed E-state index contributed by atoms with van der Waals surface area (Å²) in [7, 11) is 0.835. The summed E-state index contributed by atoms with van der Waals surface area (Å²) in [5.41, 5.74) is 2.54. The highest BCUT2D eigenvalue weighted by atomic mass is 32.2. The first-order chi connectivity index (χ1) is 13.8. The molecule has 0 radical (unpaired) electrons. The number of sulfone groups is 1. The van der Waals surface area contributed by atoms with E-state index in [0.29, 0.717) is 30.9 Å². The van der Waals surface area contributed by atoms with Crippen LogP contribution in [0.3, 0.4) is 0 Å². The zero-order valence-corrected chi connectivity index (χ0v) is 18.0. The Morgan fingerprint density at radius 1 is 1.14 bits per heavy atom. The molecule has 0 aromatic heterocycles. The highest BCUT2D eigenvalue weighted by molar-refractivity contribution is 7.91. The van der Waals surface area contributed by atoms with Crippen molar-refractivity contribution in [2.75, 3.05) is 37.1 Å². The lowest BCUT2D eigenvalue weighted by molar-refractivity contribution is 0.0680. The standard InChI is InChI=1S/C22H28N2O4S/c1-4-28-21-7-5-6-18(14-21)22(25)24(20-12-13-29(26,27)16-20)15-17-8-10-19(11-9-17)23(2)3/h5-11,14,20H,4,12-13,15-16H2,1-3H3. The molecule has 6 nitrogen and oxygen atoms in total. The fraction of sp³-hybridized carbons (Fsp3) is 0.409. The minimum absolute atomic E-state index is 0.0136. The highest BCUT2D eigenvalue weighted by Crippen LogP contribution is 2.24. The maximum absolute atomic E-state index is 13.3. The van der Waals surface area contributed by atoms with E-state index in [1.54, 1.807) is 23.1 Å². The van der Waals surface area contributed by atoms with E-state index in [1.807, 2.05) is 56.3 Å². The average Bonchev–Trinajstić information content (AvgIpc) is 3.06. The van der Waals surface area contributed by atoms with E-state index in [0.717, 1.165) is 11.3 Å². The lowest BCUT2D eigenvalue weighted by Crippen LogP contribution is -2.40. The van der Waals surface area contributed by atoms with Gasteiger partial charge >= 0.3 is 0 Å². The molecular formula is C22H28N2O4S. The van der Waals surface area contributed by atoms with Crippen LogP contribution in [0.15, 0.2) is 48.5 Å². The molecule has 0 spiro atoms. The summed E-state index contributed by atoms with van der Waals surface area (Å²) in [6.07, 6.45) is 0.467. The summed E-state index contributed by atoms with van der Waals surface area (Å²) < 4.78 is 29.6. The molecule has 1 aliphatic rings. The Kier molecular flexibility index (Phi) is 6.47. The summed E-state index contributed by atoms with van der Waals surface area (Å²) in [6.45, 7) is 2.77. The maximum Gasteiger partial charge on any atom is 0.254 e. The van der Waals surface area contributed by atoms with Gasteiger partial charge in [-0.3, -0.25) is 4.79 Å². The molecular weight excluding hydrogens is 388 g/mol. The van der Waals surface area contributed by atoms with Crippen molar-refractivity contribution in [3.8, 4) is 5.75 Å². The van der Waals surface area contributed by atoms with E-state index in [2.05, 4.69) is 0 Å². The lowest BCUT2D eigenvalue weighted by Gasteiger charge is -2.29. The van der Waals surface area contributed by atoms with Crippen LogP contribution in [0.5, 0.6) is 5.75 Å². The van der Waals surface area contributed by atoms with Crippen molar-refractivity contribution in [1.82, 2.24) is 4.90 Å². The Hall–Kier alpha value is -2.54. The van der Waals surface area contributed by atoms with Crippen LogP contribution in [0.2, 0.25) is 0 Å². The van der Waals surface area contributed by atoms with Gasteiger partial charge in [0.1, 0.15) is 5.75 Å². The Bertz CT molecular complexity index is 955. The van der Waals surface area contributed by atoms with Crippen molar-refractivity contribution >= 4 is 21.4 Å². The molecule has 1 amide bonds. The first-order valence-electron chi connectivity index (χ1n) is 9.79. The third-order valence-corrected chi connectivity index (χ3v) is 6.86. The molecule has 29 heavy (non-hydrogen) atoms. The number of hydrogen-bond acceptors (Lipinski definition) is 5. The quantitative estimate of drug-likeness (QED) is 0.694. The predicted molar refractivity (Wildman–Crippen MR) is 115 cm³/mol. The van der Waals surface area contributed by atoms with Gasteiger partial charge in [-0.1, -0.05) is 18.2 Å². The third kappa shape index (κ3) is 5.29. The molecule has 1 heterocycles. The fourth-order valence-corrected chi connectivity index (χ4v) is 5.27. The summed E-state index contributed by atoms with van der Waals surface area (Å²) in [5, 5.41) is 0. The number of nitrogens with zero attached hydrogens (tertiary/aromatic N) is 2. The van der Waals surface area contributed by atoms with Crippen LogP contribution >= 0.6 is 0 Å². The molecule has 7 heteroatoms. The van der Waals surface area contributed by atoms with Crippen LogP contribution in [0.1, 0.15) is 29.3 Å². The number of benzene rings is 2. The van der Waals surface area contributed by atoms with Crippen LogP contribution in [-0.4, -0.2) is 57.5 Å². The van der Waals surface area contributed by atoms with E-state index in [1.165, 1.54) is 0 Å². The van der Waals surface area contributed by atoms with E-state index < -0.39 is 9.84 Å². The SMILES string of the molecule is CCOc1cccc(C(=O)N(Cc2ccc(N(C)C)cc2)C2CCS(=O)(=O)C2)c1. The number of ether oxygens (including phenoxy) is 1. The third-order valence-electron chi connectivity index (χ3n) is 5.11. The molecule has 2 aromatic rings. The Morgan fingerprint density at radius 3 is 2.45 bits per heavy atom. The summed E-state index contributed by atoms with van der Waals surface area (Å²) in [5.74, 6) is 0.595. The molecule has 1 atom stereocenters. The number of carbonyl (C=O) groups excluding carboxylic acids is 1. The first-order valence-corrected chi connectivity index (χ1v) is 11.6. The number of amides is 1. The van der Waals surface area contributed by atoms with Crippen LogP contribution in [0, 0.1) is 0 Å². The van der Waals surface area contributed by atoms with Gasteiger partial charge in [-0.05, 0) is 49.2 Å². The van der Waals surface area contributed by atoms with Gasteiger partial charge in [-0.2, -0.15) is 0 Å². The van der Waals surface area contributed by atoms with E-state index >= 15 is 0 Å². The van der Waals surface area contributed by atoms with Crippen LogP contribution in [-0.2, 0) is 16.4 Å². The Labute approximate surface area is 173 Å². The van der Waals surface area contributed by atoms with Gasteiger partial charge in [0.25, 0.3) is 5.91 Å². The summed E-state index contributed by atoms with van der Waals surface area (Å²) in [4.78, 5) is 17.1. The zero-order valence-electron chi connectivity index (χ0n) is 17.2. The van der Waals surface area contributed by atoms with E-state index in [-0.39, 0.29) is 23.5 Å². The topological polar surface area (TPSA) is 66.9 Å². The second kappa shape index (κ2) is 8.86. The fourth-order valence-electron chi connectivity index (χ4n) is 3.54. The molecule has 1 aliphatic heterocycles. The van der Waals surface area contributed by atoms with Crippen LogP contribution < -0.4 is 9.64 Å². The number of anilines is 1. The summed E-state index contributed by atoms with van der Waals surface area (Å²) in [6, 6.07) is 14.7. The summed E-state index contributed by atoms with van der Waals surface area (Å²) >= 11 is 0. The zero-order chi connectivity index (χ0) is 21.0. The molecule has 1 unspecified atom stereocenters. The van der Waals surface area contributed by atoms with Gasteiger partial charge in [0.2, 0.25) is 0 Å². The molecule has 0 aliphatic carbocycles. The highest BCUT2D eigenvalue weighted by Gasteiger charge is 2.35. The number of rotatable bonds is 7. The minimum atomic E-state index is -3.11. The molecule has 3 rings (SSSR count). The van der Waals surface area contributed by atoms with E-state index in [9.17, 15) is 13.2 Å². The van der Waals surface area contributed by atoms with Crippen molar-refractivity contribution in [2.24, 2.45) is 0 Å².